The zero-order chi connectivity index (χ0) is 11.5. The van der Waals surface area contributed by atoms with Gasteiger partial charge in [0.05, 0.1) is 12.3 Å². The smallest absolute Gasteiger partial charge is 0.0707 e. The minimum atomic E-state index is 0.0857. The molecular weight excluding hydrogens is 198 g/mol. The molecule has 0 amide bonds. The molecule has 0 fully saturated rings. The number of aryl methyl sites for hydroxylation is 2. The fraction of sp³-hybridized carbons (Fsp3) is 0.214. The lowest BCUT2D eigenvalue weighted by Gasteiger charge is -2.07. The van der Waals surface area contributed by atoms with E-state index >= 15 is 0 Å². The Bertz CT molecular complexity index is 506. The van der Waals surface area contributed by atoms with Crippen molar-refractivity contribution in [3.05, 3.63) is 53.2 Å². The van der Waals surface area contributed by atoms with Crippen molar-refractivity contribution < 1.29 is 5.11 Å². The van der Waals surface area contributed by atoms with E-state index in [1.165, 1.54) is 0 Å². The third-order valence-electron chi connectivity index (χ3n) is 2.64. The lowest BCUT2D eigenvalue weighted by molar-refractivity contribution is 0.282. The third kappa shape index (κ3) is 2.12. The van der Waals surface area contributed by atoms with Crippen LogP contribution in [0, 0.1) is 13.8 Å². The van der Waals surface area contributed by atoms with E-state index in [1.807, 2.05) is 50.2 Å². The first-order valence-electron chi connectivity index (χ1n) is 5.35. The first kappa shape index (κ1) is 10.8. The highest BCUT2D eigenvalue weighted by Gasteiger charge is 2.03. The normalized spacial score (nSPS) is 10.4. The highest BCUT2D eigenvalue weighted by Crippen LogP contribution is 2.22. The lowest BCUT2D eigenvalue weighted by Crippen LogP contribution is -1.91. The van der Waals surface area contributed by atoms with Crippen molar-refractivity contribution >= 4 is 0 Å². The Labute approximate surface area is 95.6 Å². The maximum atomic E-state index is 9.05. The van der Waals surface area contributed by atoms with Crippen LogP contribution >= 0.6 is 0 Å². The largest absolute Gasteiger partial charge is 0.392 e. The molecule has 0 saturated carbocycles. The standard InChI is InChI=1S/C14H15NO/c1-10-8-12(9-16)6-7-13(10)14-5-3-4-11(2)15-14/h3-8,16H,9H2,1-2H3. The van der Waals surface area contributed by atoms with Gasteiger partial charge in [-0.25, -0.2) is 0 Å². The van der Waals surface area contributed by atoms with Crippen molar-refractivity contribution in [1.82, 2.24) is 4.98 Å². The van der Waals surface area contributed by atoms with E-state index in [0.29, 0.717) is 0 Å². The van der Waals surface area contributed by atoms with Crippen molar-refractivity contribution in [2.75, 3.05) is 0 Å². The molecule has 16 heavy (non-hydrogen) atoms. The van der Waals surface area contributed by atoms with Gasteiger partial charge in [-0.05, 0) is 37.1 Å². The van der Waals surface area contributed by atoms with Crippen LogP contribution in [0.15, 0.2) is 36.4 Å². The maximum Gasteiger partial charge on any atom is 0.0707 e. The summed E-state index contributed by atoms with van der Waals surface area (Å²) in [7, 11) is 0. The molecule has 0 saturated heterocycles. The van der Waals surface area contributed by atoms with Crippen LogP contribution < -0.4 is 0 Å². The van der Waals surface area contributed by atoms with Crippen molar-refractivity contribution in [3.63, 3.8) is 0 Å². The van der Waals surface area contributed by atoms with E-state index in [-0.39, 0.29) is 6.61 Å². The van der Waals surface area contributed by atoms with Gasteiger partial charge in [0.15, 0.2) is 0 Å². The van der Waals surface area contributed by atoms with Gasteiger partial charge < -0.3 is 5.11 Å². The molecule has 2 heteroatoms. The minimum absolute atomic E-state index is 0.0857. The van der Waals surface area contributed by atoms with E-state index in [1.54, 1.807) is 0 Å². The Morgan fingerprint density at radius 1 is 1.12 bits per heavy atom. The van der Waals surface area contributed by atoms with Crippen LogP contribution in [0.5, 0.6) is 0 Å². The minimum Gasteiger partial charge on any atom is -0.392 e. The predicted molar refractivity (Wildman–Crippen MR) is 65.1 cm³/mol. The van der Waals surface area contributed by atoms with Crippen LogP contribution in [-0.2, 0) is 6.61 Å². The third-order valence-corrected chi connectivity index (χ3v) is 2.64. The number of aliphatic hydroxyl groups is 1. The number of aromatic nitrogens is 1. The Balaban J connectivity index is 2.48. The van der Waals surface area contributed by atoms with E-state index < -0.39 is 0 Å². The van der Waals surface area contributed by atoms with E-state index in [4.69, 9.17) is 5.11 Å². The highest BCUT2D eigenvalue weighted by atomic mass is 16.3. The van der Waals surface area contributed by atoms with Crippen LogP contribution in [0.25, 0.3) is 11.3 Å². The van der Waals surface area contributed by atoms with Crippen LogP contribution in [-0.4, -0.2) is 10.1 Å². The van der Waals surface area contributed by atoms with Crippen LogP contribution in [0.4, 0.5) is 0 Å². The monoisotopic (exact) mass is 213 g/mol. The number of hydrogen-bond acceptors (Lipinski definition) is 2. The van der Waals surface area contributed by atoms with Gasteiger partial charge >= 0.3 is 0 Å². The van der Waals surface area contributed by atoms with E-state index in [9.17, 15) is 0 Å². The molecule has 0 bridgehead atoms. The lowest BCUT2D eigenvalue weighted by atomic mass is 10.0. The number of pyridine rings is 1. The summed E-state index contributed by atoms with van der Waals surface area (Å²) in [5, 5.41) is 9.05. The quantitative estimate of drug-likeness (QED) is 0.832. The number of hydrogen-bond donors (Lipinski definition) is 1. The fourth-order valence-electron chi connectivity index (χ4n) is 1.80. The molecule has 1 aromatic carbocycles. The van der Waals surface area contributed by atoms with Gasteiger partial charge in [0.25, 0.3) is 0 Å². The van der Waals surface area contributed by atoms with Crippen LogP contribution in [0.3, 0.4) is 0 Å². The second kappa shape index (κ2) is 4.45. The molecule has 1 aromatic heterocycles. The van der Waals surface area contributed by atoms with Crippen molar-refractivity contribution in [2.24, 2.45) is 0 Å². The topological polar surface area (TPSA) is 33.1 Å². The van der Waals surface area contributed by atoms with E-state index in [0.717, 1.165) is 28.1 Å². The summed E-state index contributed by atoms with van der Waals surface area (Å²) in [4.78, 5) is 4.50. The average molecular weight is 213 g/mol. The number of aliphatic hydroxyl groups excluding tert-OH is 1. The molecule has 0 aliphatic rings. The molecule has 0 atom stereocenters. The van der Waals surface area contributed by atoms with E-state index in [2.05, 4.69) is 4.98 Å². The molecule has 1 N–H and O–H groups in total. The zero-order valence-corrected chi connectivity index (χ0v) is 9.57. The van der Waals surface area contributed by atoms with Gasteiger partial charge in [-0.2, -0.15) is 0 Å². The molecule has 2 aromatic rings. The van der Waals surface area contributed by atoms with Crippen molar-refractivity contribution in [2.45, 2.75) is 20.5 Å². The summed E-state index contributed by atoms with van der Waals surface area (Å²) < 4.78 is 0. The van der Waals surface area contributed by atoms with Gasteiger partial charge in [-0.3, -0.25) is 4.98 Å². The molecule has 0 aliphatic heterocycles. The van der Waals surface area contributed by atoms with Gasteiger partial charge in [0, 0.05) is 11.3 Å². The van der Waals surface area contributed by atoms with Crippen molar-refractivity contribution in [1.29, 1.82) is 0 Å². The molecule has 2 rings (SSSR count). The average Bonchev–Trinajstić information content (AvgIpc) is 2.28. The molecule has 0 spiro atoms. The fourth-order valence-corrected chi connectivity index (χ4v) is 1.80. The SMILES string of the molecule is Cc1cccc(-c2ccc(CO)cc2C)n1. The Hall–Kier alpha value is -1.67. The molecule has 0 unspecified atom stereocenters. The Morgan fingerprint density at radius 3 is 2.56 bits per heavy atom. The first-order chi connectivity index (χ1) is 7.70. The van der Waals surface area contributed by atoms with Crippen molar-refractivity contribution in [3.8, 4) is 11.3 Å². The van der Waals surface area contributed by atoms with Gasteiger partial charge in [-0.1, -0.05) is 24.3 Å². The molecular formula is C14H15NO. The molecule has 1 heterocycles. The van der Waals surface area contributed by atoms with Crippen LogP contribution in [0.1, 0.15) is 16.8 Å². The number of rotatable bonds is 2. The molecule has 0 radical (unpaired) electrons. The molecule has 0 aliphatic carbocycles. The Kier molecular flexibility index (Phi) is 3.02. The first-order valence-corrected chi connectivity index (χ1v) is 5.35. The predicted octanol–water partition coefficient (Wildman–Crippen LogP) is 2.86. The highest BCUT2D eigenvalue weighted by molar-refractivity contribution is 5.64. The second-order valence-corrected chi connectivity index (χ2v) is 3.97. The summed E-state index contributed by atoms with van der Waals surface area (Å²) in [5.41, 5.74) is 5.21. The van der Waals surface area contributed by atoms with Gasteiger partial charge in [0.2, 0.25) is 0 Å². The van der Waals surface area contributed by atoms with Gasteiger partial charge in [-0.15, -0.1) is 0 Å². The summed E-state index contributed by atoms with van der Waals surface area (Å²) in [5.74, 6) is 0. The molecule has 2 nitrogen and oxygen atoms in total. The summed E-state index contributed by atoms with van der Waals surface area (Å²) in [6.07, 6.45) is 0. The maximum absolute atomic E-state index is 9.05. The summed E-state index contributed by atoms with van der Waals surface area (Å²) in [6.45, 7) is 4.11. The molecule has 82 valence electrons. The zero-order valence-electron chi connectivity index (χ0n) is 9.57. The Morgan fingerprint density at radius 2 is 1.94 bits per heavy atom. The summed E-state index contributed by atoms with van der Waals surface area (Å²) in [6, 6.07) is 12.0. The van der Waals surface area contributed by atoms with Gasteiger partial charge in [0.1, 0.15) is 0 Å². The number of nitrogens with zero attached hydrogens (tertiary/aromatic N) is 1. The second-order valence-electron chi connectivity index (χ2n) is 3.97. The number of benzene rings is 1. The summed E-state index contributed by atoms with van der Waals surface area (Å²) >= 11 is 0. The van der Waals surface area contributed by atoms with Crippen LogP contribution in [0.2, 0.25) is 0 Å².